The second kappa shape index (κ2) is 4.19. The van der Waals surface area contributed by atoms with Gasteiger partial charge in [-0.3, -0.25) is 20.0 Å². The largest absolute Gasteiger partial charge is 0.467 e. The molecule has 0 saturated carbocycles. The zero-order chi connectivity index (χ0) is 9.68. The van der Waals surface area contributed by atoms with Crippen LogP contribution in [0.15, 0.2) is 6.20 Å². The molecule has 0 aliphatic heterocycles. The van der Waals surface area contributed by atoms with Crippen LogP contribution in [-0.2, 0) is 16.0 Å². The molecule has 0 unspecified atom stereocenters. The van der Waals surface area contributed by atoms with Gasteiger partial charge in [0.1, 0.15) is 5.69 Å². The van der Waals surface area contributed by atoms with Gasteiger partial charge in [0.15, 0.2) is 0 Å². The molecule has 1 rings (SSSR count). The summed E-state index contributed by atoms with van der Waals surface area (Å²) >= 11 is 0. The first-order valence-corrected chi connectivity index (χ1v) is 3.48. The Bertz CT molecular complexity index is 309. The van der Waals surface area contributed by atoms with E-state index < -0.39 is 4.92 Å². The first-order valence-electron chi connectivity index (χ1n) is 3.48. The lowest BCUT2D eigenvalue weighted by molar-refractivity contribution is -0.385. The topological polar surface area (TPSA) is 98.1 Å². The minimum Gasteiger partial charge on any atom is -0.467 e. The van der Waals surface area contributed by atoms with Gasteiger partial charge in [-0.15, -0.1) is 0 Å². The molecule has 0 bridgehead atoms. The zero-order valence-corrected chi connectivity index (χ0v) is 6.60. The number of carbonyl (C=O) groups excluding carboxylic acids is 1. The third-order valence-electron chi connectivity index (χ3n) is 1.42. The number of H-pyrrole nitrogens is 1. The van der Waals surface area contributed by atoms with Crippen LogP contribution < -0.4 is 0 Å². The maximum Gasteiger partial charge on any atom is 0.310 e. The molecule has 0 aromatic carbocycles. The third-order valence-corrected chi connectivity index (χ3v) is 1.42. The molecule has 1 aromatic rings. The SMILES string of the molecule is O=COCCc1n[nH]cc1[N+](=O)[O-]. The number of rotatable bonds is 5. The van der Waals surface area contributed by atoms with E-state index in [1.165, 1.54) is 6.20 Å². The van der Waals surface area contributed by atoms with Gasteiger partial charge in [0.25, 0.3) is 6.47 Å². The molecule has 7 heteroatoms. The van der Waals surface area contributed by atoms with Gasteiger partial charge >= 0.3 is 5.69 Å². The van der Waals surface area contributed by atoms with Gasteiger partial charge < -0.3 is 4.74 Å². The van der Waals surface area contributed by atoms with E-state index in [4.69, 9.17) is 0 Å². The number of carbonyl (C=O) groups is 1. The molecular formula is C6H7N3O4. The van der Waals surface area contributed by atoms with Crippen LogP contribution in [0.4, 0.5) is 5.69 Å². The van der Waals surface area contributed by atoms with Crippen molar-refractivity contribution >= 4 is 12.2 Å². The second-order valence-electron chi connectivity index (χ2n) is 2.19. The number of ether oxygens (including phenoxy) is 1. The summed E-state index contributed by atoms with van der Waals surface area (Å²) in [6, 6.07) is 0. The van der Waals surface area contributed by atoms with Gasteiger partial charge in [0.05, 0.1) is 17.7 Å². The molecule has 0 atom stereocenters. The van der Waals surface area contributed by atoms with Crippen molar-refractivity contribution in [1.82, 2.24) is 10.2 Å². The maximum absolute atomic E-state index is 10.4. The van der Waals surface area contributed by atoms with E-state index in [1.54, 1.807) is 0 Å². The van der Waals surface area contributed by atoms with Crippen molar-refractivity contribution in [3.05, 3.63) is 22.0 Å². The van der Waals surface area contributed by atoms with Crippen molar-refractivity contribution in [3.63, 3.8) is 0 Å². The average Bonchev–Trinajstić information content (AvgIpc) is 2.53. The summed E-state index contributed by atoms with van der Waals surface area (Å²) in [7, 11) is 0. The third kappa shape index (κ3) is 2.26. The highest BCUT2D eigenvalue weighted by Gasteiger charge is 2.15. The fraction of sp³-hybridized carbons (Fsp3) is 0.333. The summed E-state index contributed by atoms with van der Waals surface area (Å²) in [5.41, 5.74) is 0.196. The van der Waals surface area contributed by atoms with Crippen LogP contribution >= 0.6 is 0 Å². The van der Waals surface area contributed by atoms with Crippen LogP contribution in [0, 0.1) is 10.1 Å². The van der Waals surface area contributed by atoms with E-state index >= 15 is 0 Å². The minimum absolute atomic E-state index is 0.0884. The predicted molar refractivity (Wildman–Crippen MR) is 41.0 cm³/mol. The quantitative estimate of drug-likeness (QED) is 0.302. The van der Waals surface area contributed by atoms with Crippen molar-refractivity contribution in [1.29, 1.82) is 0 Å². The molecule has 7 nitrogen and oxygen atoms in total. The van der Waals surface area contributed by atoms with Gasteiger partial charge in [-0.2, -0.15) is 5.10 Å². The molecule has 70 valence electrons. The lowest BCUT2D eigenvalue weighted by atomic mass is 10.3. The fourth-order valence-electron chi connectivity index (χ4n) is 0.858. The number of aromatic nitrogens is 2. The van der Waals surface area contributed by atoms with Gasteiger partial charge in [0, 0.05) is 6.42 Å². The second-order valence-corrected chi connectivity index (χ2v) is 2.19. The first-order chi connectivity index (χ1) is 6.25. The zero-order valence-electron chi connectivity index (χ0n) is 6.60. The Labute approximate surface area is 72.9 Å². The van der Waals surface area contributed by atoms with E-state index in [1.807, 2.05) is 0 Å². The van der Waals surface area contributed by atoms with Crippen molar-refractivity contribution in [2.45, 2.75) is 6.42 Å². The van der Waals surface area contributed by atoms with E-state index in [9.17, 15) is 14.9 Å². The normalized spacial score (nSPS) is 9.54. The monoisotopic (exact) mass is 185 g/mol. The number of nitrogens with one attached hydrogen (secondary N) is 1. The van der Waals surface area contributed by atoms with E-state index in [0.717, 1.165) is 0 Å². The molecule has 1 heterocycles. The van der Waals surface area contributed by atoms with Crippen LogP contribution in [0.2, 0.25) is 0 Å². The molecule has 0 aliphatic carbocycles. The molecule has 0 fully saturated rings. The molecule has 0 spiro atoms. The van der Waals surface area contributed by atoms with Gasteiger partial charge in [-0.25, -0.2) is 0 Å². The Morgan fingerprint density at radius 1 is 1.77 bits per heavy atom. The highest BCUT2D eigenvalue weighted by atomic mass is 16.6. The van der Waals surface area contributed by atoms with Crippen LogP contribution in [0.3, 0.4) is 0 Å². The average molecular weight is 185 g/mol. The summed E-state index contributed by atoms with van der Waals surface area (Å²) in [4.78, 5) is 19.6. The predicted octanol–water partition coefficient (Wildman–Crippen LogP) is 0.0334. The molecule has 0 aliphatic rings. The lowest BCUT2D eigenvalue weighted by Crippen LogP contribution is -2.00. The Balaban J connectivity index is 2.60. The minimum atomic E-state index is -0.542. The van der Waals surface area contributed by atoms with Crippen LogP contribution in [0.5, 0.6) is 0 Å². The molecular weight excluding hydrogens is 178 g/mol. The summed E-state index contributed by atoms with van der Waals surface area (Å²) in [6.07, 6.45) is 1.43. The summed E-state index contributed by atoms with van der Waals surface area (Å²) in [6.45, 7) is 0.383. The van der Waals surface area contributed by atoms with Gasteiger partial charge in [0.2, 0.25) is 0 Å². The first kappa shape index (κ1) is 9.17. The van der Waals surface area contributed by atoms with Crippen LogP contribution in [0.25, 0.3) is 0 Å². The number of hydrogen-bond acceptors (Lipinski definition) is 5. The number of nitro groups is 1. The van der Waals surface area contributed by atoms with Crippen molar-refractivity contribution in [3.8, 4) is 0 Å². The van der Waals surface area contributed by atoms with Crippen molar-refractivity contribution in [2.24, 2.45) is 0 Å². The molecule has 13 heavy (non-hydrogen) atoms. The van der Waals surface area contributed by atoms with Crippen LogP contribution in [-0.4, -0.2) is 28.2 Å². The van der Waals surface area contributed by atoms with Crippen molar-refractivity contribution in [2.75, 3.05) is 6.61 Å². The molecule has 0 amide bonds. The van der Waals surface area contributed by atoms with E-state index in [0.29, 0.717) is 6.47 Å². The lowest BCUT2D eigenvalue weighted by Gasteiger charge is -1.94. The molecule has 1 N–H and O–H groups in total. The van der Waals surface area contributed by atoms with Crippen LogP contribution in [0.1, 0.15) is 5.69 Å². The maximum atomic E-state index is 10.4. The van der Waals surface area contributed by atoms with Crippen molar-refractivity contribution < 1.29 is 14.5 Å². The summed E-state index contributed by atoms with van der Waals surface area (Å²) in [5, 5.41) is 16.4. The van der Waals surface area contributed by atoms with E-state index in [-0.39, 0.29) is 24.4 Å². The Morgan fingerprint density at radius 3 is 3.15 bits per heavy atom. The molecule has 0 radical (unpaired) electrons. The Hall–Kier alpha value is -1.92. The fourth-order valence-corrected chi connectivity index (χ4v) is 0.858. The molecule has 1 aromatic heterocycles. The number of hydrogen-bond donors (Lipinski definition) is 1. The Kier molecular flexibility index (Phi) is 2.96. The number of aromatic amines is 1. The smallest absolute Gasteiger partial charge is 0.310 e. The molecule has 0 saturated heterocycles. The summed E-state index contributed by atoms with van der Waals surface area (Å²) < 4.78 is 4.38. The number of nitrogens with zero attached hydrogens (tertiary/aromatic N) is 2. The highest BCUT2D eigenvalue weighted by molar-refractivity contribution is 5.37. The Morgan fingerprint density at radius 2 is 2.54 bits per heavy atom. The van der Waals surface area contributed by atoms with E-state index in [2.05, 4.69) is 14.9 Å². The highest BCUT2D eigenvalue weighted by Crippen LogP contribution is 2.14. The summed E-state index contributed by atoms with van der Waals surface area (Å²) in [5.74, 6) is 0. The van der Waals surface area contributed by atoms with Gasteiger partial charge in [-0.1, -0.05) is 0 Å². The van der Waals surface area contributed by atoms with Gasteiger partial charge in [-0.05, 0) is 0 Å². The standard InChI is InChI=1S/C6H7N3O4/c10-4-13-2-1-5-6(9(11)12)3-7-8-5/h3-4H,1-2H2,(H,7,8).